The highest BCUT2D eigenvalue weighted by molar-refractivity contribution is 5.72. The van der Waals surface area contributed by atoms with E-state index in [4.69, 9.17) is 14.6 Å². The van der Waals surface area contributed by atoms with E-state index in [1.165, 1.54) is 0 Å². The van der Waals surface area contributed by atoms with Gasteiger partial charge in [0.2, 0.25) is 0 Å². The Labute approximate surface area is 146 Å². The van der Waals surface area contributed by atoms with Crippen molar-refractivity contribution in [1.29, 1.82) is 0 Å². The summed E-state index contributed by atoms with van der Waals surface area (Å²) >= 11 is 0. The molecule has 0 fully saturated rings. The molecule has 0 saturated heterocycles. The SMILES string of the molecule is CCOc1cccc([C@H](CC(=O)O)NC(=O)OCc2ccccc2)c1. The second kappa shape index (κ2) is 9.32. The number of nitrogens with one attached hydrogen (secondary N) is 1. The summed E-state index contributed by atoms with van der Waals surface area (Å²) in [5.41, 5.74) is 1.50. The molecular weight excluding hydrogens is 322 g/mol. The fourth-order valence-electron chi connectivity index (χ4n) is 2.32. The lowest BCUT2D eigenvalue weighted by atomic mass is 10.0. The number of benzene rings is 2. The molecule has 2 rings (SSSR count). The van der Waals surface area contributed by atoms with Gasteiger partial charge in [0.1, 0.15) is 12.4 Å². The summed E-state index contributed by atoms with van der Waals surface area (Å²) in [4.78, 5) is 23.2. The van der Waals surface area contributed by atoms with Crippen molar-refractivity contribution >= 4 is 12.1 Å². The molecule has 0 unspecified atom stereocenters. The van der Waals surface area contributed by atoms with Crippen LogP contribution < -0.4 is 10.1 Å². The summed E-state index contributed by atoms with van der Waals surface area (Å²) in [5.74, 6) is -0.398. The van der Waals surface area contributed by atoms with Gasteiger partial charge in [-0.25, -0.2) is 4.79 Å². The Kier molecular flexibility index (Phi) is 6.83. The van der Waals surface area contributed by atoms with E-state index < -0.39 is 18.1 Å². The topological polar surface area (TPSA) is 84.9 Å². The summed E-state index contributed by atoms with van der Waals surface area (Å²) in [5, 5.41) is 11.7. The third-order valence-corrected chi connectivity index (χ3v) is 3.46. The lowest BCUT2D eigenvalue weighted by Gasteiger charge is -2.18. The van der Waals surface area contributed by atoms with E-state index in [1.807, 2.05) is 37.3 Å². The largest absolute Gasteiger partial charge is 0.494 e. The minimum atomic E-state index is -1.02. The van der Waals surface area contributed by atoms with Gasteiger partial charge in [-0.1, -0.05) is 42.5 Å². The molecule has 1 amide bonds. The first-order valence-electron chi connectivity index (χ1n) is 8.00. The number of aliphatic carboxylic acids is 1. The maximum atomic E-state index is 12.0. The highest BCUT2D eigenvalue weighted by Gasteiger charge is 2.19. The summed E-state index contributed by atoms with van der Waals surface area (Å²) in [7, 11) is 0. The molecule has 2 aromatic carbocycles. The predicted molar refractivity (Wildman–Crippen MR) is 92.4 cm³/mol. The number of ether oxygens (including phenoxy) is 2. The molecule has 6 nitrogen and oxygen atoms in total. The van der Waals surface area contributed by atoms with E-state index in [1.54, 1.807) is 24.3 Å². The molecule has 1 atom stereocenters. The molecule has 0 bridgehead atoms. The molecule has 0 heterocycles. The van der Waals surface area contributed by atoms with Gasteiger partial charge in [0.25, 0.3) is 0 Å². The molecule has 132 valence electrons. The number of rotatable bonds is 8. The van der Waals surface area contributed by atoms with Crippen molar-refractivity contribution in [2.45, 2.75) is 26.0 Å². The lowest BCUT2D eigenvalue weighted by Crippen LogP contribution is -2.30. The molecule has 0 aromatic heterocycles. The average Bonchev–Trinajstić information content (AvgIpc) is 2.60. The van der Waals surface area contributed by atoms with E-state index in [2.05, 4.69) is 5.32 Å². The van der Waals surface area contributed by atoms with Gasteiger partial charge in [-0.15, -0.1) is 0 Å². The van der Waals surface area contributed by atoms with Crippen molar-refractivity contribution in [3.8, 4) is 5.75 Å². The Morgan fingerprint density at radius 1 is 1.12 bits per heavy atom. The zero-order chi connectivity index (χ0) is 18.1. The van der Waals surface area contributed by atoms with Crippen LogP contribution in [0.2, 0.25) is 0 Å². The normalized spacial score (nSPS) is 11.4. The predicted octanol–water partition coefficient (Wildman–Crippen LogP) is 3.53. The van der Waals surface area contributed by atoms with Crippen LogP contribution in [0.1, 0.15) is 30.5 Å². The van der Waals surface area contributed by atoms with Crippen LogP contribution in [0.5, 0.6) is 5.75 Å². The van der Waals surface area contributed by atoms with Crippen molar-refractivity contribution < 1.29 is 24.2 Å². The zero-order valence-corrected chi connectivity index (χ0v) is 14.0. The summed E-state index contributed by atoms with van der Waals surface area (Å²) in [6.07, 6.45) is -0.923. The van der Waals surface area contributed by atoms with Gasteiger partial charge >= 0.3 is 12.1 Å². The number of amides is 1. The van der Waals surface area contributed by atoms with Crippen LogP contribution in [0.15, 0.2) is 54.6 Å². The summed E-state index contributed by atoms with van der Waals surface area (Å²) < 4.78 is 10.6. The number of carboxylic acid groups (broad SMARTS) is 1. The zero-order valence-electron chi connectivity index (χ0n) is 14.0. The van der Waals surface area contributed by atoms with Crippen LogP contribution >= 0.6 is 0 Å². The van der Waals surface area contributed by atoms with Gasteiger partial charge < -0.3 is 19.9 Å². The average molecular weight is 343 g/mol. The van der Waals surface area contributed by atoms with Crippen LogP contribution in [0.25, 0.3) is 0 Å². The van der Waals surface area contributed by atoms with Gasteiger partial charge in [0, 0.05) is 0 Å². The minimum absolute atomic E-state index is 0.117. The molecule has 2 N–H and O–H groups in total. The van der Waals surface area contributed by atoms with Gasteiger partial charge in [-0.2, -0.15) is 0 Å². The number of carboxylic acids is 1. The van der Waals surface area contributed by atoms with Crippen molar-refractivity contribution in [2.75, 3.05) is 6.61 Å². The van der Waals surface area contributed by atoms with E-state index >= 15 is 0 Å². The first-order chi connectivity index (χ1) is 12.1. The van der Waals surface area contributed by atoms with Crippen molar-refractivity contribution in [3.05, 3.63) is 65.7 Å². The Morgan fingerprint density at radius 3 is 2.56 bits per heavy atom. The van der Waals surface area contributed by atoms with Crippen molar-refractivity contribution in [2.24, 2.45) is 0 Å². The van der Waals surface area contributed by atoms with Crippen LogP contribution in [0, 0.1) is 0 Å². The Balaban J connectivity index is 2.02. The maximum absolute atomic E-state index is 12.0. The second-order valence-electron chi connectivity index (χ2n) is 5.36. The number of alkyl carbamates (subject to hydrolysis) is 1. The molecule has 6 heteroatoms. The molecule has 0 radical (unpaired) electrons. The van der Waals surface area contributed by atoms with Crippen LogP contribution in [0.4, 0.5) is 4.79 Å². The number of hydrogen-bond acceptors (Lipinski definition) is 4. The third-order valence-electron chi connectivity index (χ3n) is 3.46. The lowest BCUT2D eigenvalue weighted by molar-refractivity contribution is -0.137. The first-order valence-corrected chi connectivity index (χ1v) is 8.00. The van der Waals surface area contributed by atoms with Crippen LogP contribution in [-0.2, 0) is 16.1 Å². The molecule has 0 aliphatic heterocycles. The molecular formula is C19H21NO5. The molecule has 2 aromatic rings. The van der Waals surface area contributed by atoms with Gasteiger partial charge in [-0.05, 0) is 30.2 Å². The molecule has 0 aliphatic rings. The van der Waals surface area contributed by atoms with E-state index in [-0.39, 0.29) is 13.0 Å². The van der Waals surface area contributed by atoms with Gasteiger partial charge in [-0.3, -0.25) is 4.79 Å². The third kappa shape index (κ3) is 6.18. The molecule has 0 aliphatic carbocycles. The van der Waals surface area contributed by atoms with Crippen LogP contribution in [-0.4, -0.2) is 23.8 Å². The van der Waals surface area contributed by atoms with E-state index in [0.29, 0.717) is 17.9 Å². The molecule has 25 heavy (non-hydrogen) atoms. The second-order valence-corrected chi connectivity index (χ2v) is 5.36. The summed E-state index contributed by atoms with van der Waals surface area (Å²) in [6, 6.07) is 15.5. The highest BCUT2D eigenvalue weighted by Crippen LogP contribution is 2.22. The maximum Gasteiger partial charge on any atom is 0.407 e. The van der Waals surface area contributed by atoms with Crippen LogP contribution in [0.3, 0.4) is 0 Å². The first kappa shape index (κ1) is 18.3. The molecule has 0 saturated carbocycles. The van der Waals surface area contributed by atoms with E-state index in [9.17, 15) is 9.59 Å². The van der Waals surface area contributed by atoms with Crippen molar-refractivity contribution in [1.82, 2.24) is 5.32 Å². The Morgan fingerprint density at radius 2 is 1.88 bits per heavy atom. The smallest absolute Gasteiger partial charge is 0.407 e. The Bertz CT molecular complexity index is 702. The fourth-order valence-corrected chi connectivity index (χ4v) is 2.32. The number of carbonyl (C=O) groups is 2. The monoisotopic (exact) mass is 343 g/mol. The molecule has 0 spiro atoms. The summed E-state index contributed by atoms with van der Waals surface area (Å²) in [6.45, 7) is 2.48. The van der Waals surface area contributed by atoms with Gasteiger partial charge in [0.05, 0.1) is 19.1 Å². The standard InChI is InChI=1S/C19H21NO5/c1-2-24-16-10-6-9-15(11-16)17(12-18(21)22)20-19(23)25-13-14-7-4-3-5-8-14/h3-11,17H,2,12-13H2,1H3,(H,20,23)(H,21,22)/t17-/m0/s1. The van der Waals surface area contributed by atoms with E-state index in [0.717, 1.165) is 5.56 Å². The highest BCUT2D eigenvalue weighted by atomic mass is 16.5. The Hall–Kier alpha value is -3.02. The fraction of sp³-hybridized carbons (Fsp3) is 0.263. The minimum Gasteiger partial charge on any atom is -0.494 e. The van der Waals surface area contributed by atoms with Gasteiger partial charge in [0.15, 0.2) is 0 Å². The number of carbonyl (C=O) groups excluding carboxylic acids is 1. The number of hydrogen-bond donors (Lipinski definition) is 2. The van der Waals surface area contributed by atoms with Crippen molar-refractivity contribution in [3.63, 3.8) is 0 Å². The quantitative estimate of drug-likeness (QED) is 0.766.